The Balaban J connectivity index is 1.24. The van der Waals surface area contributed by atoms with Gasteiger partial charge in [0, 0.05) is 31.7 Å². The molecule has 4 fully saturated rings. The average molecular weight is 736 g/mol. The first kappa shape index (κ1) is 36.8. The highest BCUT2D eigenvalue weighted by atomic mass is 32.2. The second kappa shape index (κ2) is 14.2. The van der Waals surface area contributed by atoms with Crippen molar-refractivity contribution in [3.63, 3.8) is 0 Å². The van der Waals surface area contributed by atoms with Crippen LogP contribution >= 0.6 is 0 Å². The average Bonchev–Trinajstić information content (AvgIpc) is 3.93. The van der Waals surface area contributed by atoms with Gasteiger partial charge in [-0.1, -0.05) is 12.1 Å². The van der Waals surface area contributed by atoms with Gasteiger partial charge in [-0.2, -0.15) is 0 Å². The molecule has 0 bridgehead atoms. The zero-order chi connectivity index (χ0) is 36.7. The number of nitrogens with zero attached hydrogens (tertiary/aromatic N) is 2. The van der Waals surface area contributed by atoms with E-state index in [9.17, 15) is 36.8 Å². The number of nitrogens with one attached hydrogen (secondary N) is 3. The third-order valence-electron chi connectivity index (χ3n) is 9.97. The second-order valence-electron chi connectivity index (χ2n) is 15.1. The van der Waals surface area contributed by atoms with E-state index in [1.165, 1.54) is 15.9 Å². The van der Waals surface area contributed by atoms with Gasteiger partial charge >= 0.3 is 12.2 Å². The van der Waals surface area contributed by atoms with Crippen molar-refractivity contribution >= 4 is 39.9 Å². The highest BCUT2D eigenvalue weighted by Crippen LogP contribution is 2.48. The fourth-order valence-electron chi connectivity index (χ4n) is 7.08. The van der Waals surface area contributed by atoms with Crippen LogP contribution in [0.3, 0.4) is 0 Å². The summed E-state index contributed by atoms with van der Waals surface area (Å²) in [5, 5.41) is 4.76. The molecule has 3 heterocycles. The van der Waals surface area contributed by atoms with E-state index in [2.05, 4.69) is 15.4 Å². The lowest BCUT2D eigenvalue weighted by atomic mass is 10.1. The quantitative estimate of drug-likeness (QED) is 0.405. The van der Waals surface area contributed by atoms with Crippen LogP contribution in [-0.4, -0.2) is 102 Å². The first-order chi connectivity index (χ1) is 24.1. The summed E-state index contributed by atoms with van der Waals surface area (Å²) in [7, 11) is -3.92. The van der Waals surface area contributed by atoms with Gasteiger partial charge in [0.05, 0.1) is 18.3 Å². The summed E-state index contributed by atoms with van der Waals surface area (Å²) < 4.78 is 59.0. The Morgan fingerprint density at radius 2 is 1.78 bits per heavy atom. The minimum Gasteiger partial charge on any atom is -0.444 e. The molecule has 0 radical (unpaired) electrons. The molecule has 280 valence electrons. The van der Waals surface area contributed by atoms with Crippen molar-refractivity contribution in [3.05, 3.63) is 35.1 Å². The summed E-state index contributed by atoms with van der Waals surface area (Å²) in [6.07, 6.45) is -0.0551. The van der Waals surface area contributed by atoms with Crippen LogP contribution in [0.2, 0.25) is 0 Å². The number of amides is 5. The van der Waals surface area contributed by atoms with Crippen molar-refractivity contribution < 1.29 is 51.0 Å². The zero-order valence-corrected chi connectivity index (χ0v) is 29.9. The molecule has 1 aromatic carbocycles. The van der Waals surface area contributed by atoms with E-state index >= 15 is 0 Å². The van der Waals surface area contributed by atoms with Gasteiger partial charge < -0.3 is 29.7 Å². The molecule has 15 nitrogen and oxygen atoms in total. The van der Waals surface area contributed by atoms with Gasteiger partial charge in [0.2, 0.25) is 21.8 Å². The van der Waals surface area contributed by atoms with Gasteiger partial charge in [0.25, 0.3) is 5.91 Å². The predicted octanol–water partition coefficient (Wildman–Crippen LogP) is 2.21. The number of fused-ring (bicyclic) bond motifs is 3. The number of rotatable bonds is 5. The van der Waals surface area contributed by atoms with Crippen molar-refractivity contribution in [2.45, 2.75) is 120 Å². The molecule has 2 aliphatic carbocycles. The Hall–Kier alpha value is -3.99. The highest BCUT2D eigenvalue weighted by molar-refractivity contribution is 7.91. The maximum absolute atomic E-state index is 14.4. The summed E-state index contributed by atoms with van der Waals surface area (Å²) in [6.45, 7) is 5.56. The molecule has 0 aromatic heterocycles. The van der Waals surface area contributed by atoms with Crippen molar-refractivity contribution in [2.75, 3.05) is 19.8 Å². The van der Waals surface area contributed by atoms with Crippen LogP contribution in [0.4, 0.5) is 14.0 Å². The lowest BCUT2D eigenvalue weighted by Crippen LogP contribution is -2.58. The molecule has 51 heavy (non-hydrogen) atoms. The standard InChI is InChI=1S/C34H46FN5O10S/c1-33(2,3)50-31(44)36-26-10-6-14-48-13-5-8-21-16-34(21,30(43)38-51(46,47)23-11-12-23)37-28(41)27-15-22(18-40(27)29(26)42)49-32(45)39-17-20-7-4-9-25(35)24(20)19-39/h4,7,9,21-23,26-27H,5-6,8,10-19H2,1-3H3,(H,36,44)(H,37,41)(H,38,43)/t21-,22-,26-,27+,34-/m1/s1. The van der Waals surface area contributed by atoms with E-state index in [1.807, 2.05) is 0 Å². The Morgan fingerprint density at radius 3 is 2.47 bits per heavy atom. The minimum absolute atomic E-state index is 0.00709. The molecule has 0 unspecified atom stereocenters. The SMILES string of the molecule is CC(C)(C)OC(=O)N[C@@H]1CCCOCCC[C@@H]2C[C@@]2(C(=O)NS(=O)(=O)C2CC2)NC(=O)[C@@H]2C[C@@H](OC(=O)N3Cc4cccc(F)c4C3)CN2C1=O. The molecule has 17 heteroatoms. The van der Waals surface area contributed by atoms with Crippen molar-refractivity contribution in [1.29, 1.82) is 0 Å². The summed E-state index contributed by atoms with van der Waals surface area (Å²) in [4.78, 5) is 70.7. The van der Waals surface area contributed by atoms with E-state index in [1.54, 1.807) is 32.9 Å². The molecule has 3 N–H and O–H groups in total. The highest BCUT2D eigenvalue weighted by Gasteiger charge is 2.62. The van der Waals surface area contributed by atoms with Crippen molar-refractivity contribution in [2.24, 2.45) is 5.92 Å². The Bertz CT molecular complexity index is 1680. The molecule has 3 aliphatic heterocycles. The molecule has 1 aromatic rings. The van der Waals surface area contributed by atoms with Crippen LogP contribution in [-0.2, 0) is 51.7 Å². The number of hydrogen-bond donors (Lipinski definition) is 3. The number of ether oxygens (including phenoxy) is 3. The molecular weight excluding hydrogens is 689 g/mol. The first-order valence-electron chi connectivity index (χ1n) is 17.5. The van der Waals surface area contributed by atoms with Crippen LogP contribution < -0.4 is 15.4 Å². The number of carbonyl (C=O) groups excluding carboxylic acids is 5. The normalized spacial score (nSPS) is 28.6. The fraction of sp³-hybridized carbons (Fsp3) is 0.676. The summed E-state index contributed by atoms with van der Waals surface area (Å²) in [6, 6.07) is 2.22. The first-order valence-corrected chi connectivity index (χ1v) is 19.1. The van der Waals surface area contributed by atoms with Crippen LogP contribution in [0.15, 0.2) is 18.2 Å². The molecule has 2 saturated carbocycles. The summed E-state index contributed by atoms with van der Waals surface area (Å²) in [5.74, 6) is -3.00. The van der Waals surface area contributed by atoms with E-state index in [0.29, 0.717) is 49.8 Å². The van der Waals surface area contributed by atoms with E-state index < -0.39 is 80.3 Å². The van der Waals surface area contributed by atoms with Crippen molar-refractivity contribution in [1.82, 2.24) is 25.2 Å². The predicted molar refractivity (Wildman–Crippen MR) is 178 cm³/mol. The topological polar surface area (TPSA) is 190 Å². The number of hydrogen-bond acceptors (Lipinski definition) is 10. The number of sulfonamides is 1. The molecule has 6 rings (SSSR count). The van der Waals surface area contributed by atoms with Gasteiger partial charge in [-0.25, -0.2) is 22.4 Å². The van der Waals surface area contributed by atoms with E-state index in [-0.39, 0.29) is 51.4 Å². The van der Waals surface area contributed by atoms with Gasteiger partial charge in [-0.15, -0.1) is 0 Å². The van der Waals surface area contributed by atoms with Gasteiger partial charge in [0.1, 0.15) is 35.1 Å². The molecule has 5 atom stereocenters. The third kappa shape index (κ3) is 8.40. The lowest BCUT2D eigenvalue weighted by molar-refractivity contribution is -0.141. The van der Waals surface area contributed by atoms with Crippen LogP contribution in [0.5, 0.6) is 0 Å². The van der Waals surface area contributed by atoms with Crippen LogP contribution in [0.25, 0.3) is 0 Å². The largest absolute Gasteiger partial charge is 0.444 e. The summed E-state index contributed by atoms with van der Waals surface area (Å²) >= 11 is 0. The van der Waals surface area contributed by atoms with Gasteiger partial charge in [-0.05, 0) is 83.3 Å². The molecule has 5 aliphatic rings. The fourth-order valence-corrected chi connectivity index (χ4v) is 8.45. The molecule has 5 amide bonds. The molecule has 0 spiro atoms. The van der Waals surface area contributed by atoms with Crippen LogP contribution in [0.1, 0.15) is 83.3 Å². The zero-order valence-electron chi connectivity index (χ0n) is 29.1. The molecular formula is C34H46FN5O10S. The van der Waals surface area contributed by atoms with E-state index in [0.717, 1.165) is 0 Å². The number of carbonyl (C=O) groups is 5. The lowest BCUT2D eigenvalue weighted by Gasteiger charge is -2.30. The van der Waals surface area contributed by atoms with Crippen molar-refractivity contribution in [3.8, 4) is 0 Å². The number of alkyl carbamates (subject to hydrolysis) is 1. The Labute approximate surface area is 296 Å². The van der Waals surface area contributed by atoms with Gasteiger partial charge in [0.15, 0.2) is 0 Å². The Morgan fingerprint density at radius 1 is 1.06 bits per heavy atom. The number of benzene rings is 1. The second-order valence-corrected chi connectivity index (χ2v) is 17.1. The summed E-state index contributed by atoms with van der Waals surface area (Å²) in [5.41, 5.74) is -1.35. The third-order valence-corrected chi connectivity index (χ3v) is 11.8. The smallest absolute Gasteiger partial charge is 0.410 e. The number of halogens is 1. The minimum atomic E-state index is -3.92. The Kier molecular flexibility index (Phi) is 10.2. The monoisotopic (exact) mass is 735 g/mol. The maximum Gasteiger partial charge on any atom is 0.410 e. The maximum atomic E-state index is 14.4. The van der Waals surface area contributed by atoms with Crippen LogP contribution in [0, 0.1) is 11.7 Å². The van der Waals surface area contributed by atoms with Gasteiger partial charge in [-0.3, -0.25) is 24.0 Å². The molecule has 2 saturated heterocycles. The van der Waals surface area contributed by atoms with E-state index in [4.69, 9.17) is 14.2 Å².